The third kappa shape index (κ3) is 1.92. The van der Waals surface area contributed by atoms with Crippen molar-refractivity contribution in [2.24, 2.45) is 0 Å². The summed E-state index contributed by atoms with van der Waals surface area (Å²) in [5.74, 6) is 0. The molecule has 0 saturated carbocycles. The molecule has 0 radical (unpaired) electrons. The quantitative estimate of drug-likeness (QED) is 0.723. The SMILES string of the molecule is CCN1C(=O)N(CCCN2C(=O)N(CC)C2=O)C1=O. The van der Waals surface area contributed by atoms with E-state index in [-0.39, 0.29) is 37.2 Å². The fourth-order valence-electron chi connectivity index (χ4n) is 2.13. The van der Waals surface area contributed by atoms with Gasteiger partial charge in [0.25, 0.3) is 0 Å². The highest BCUT2D eigenvalue weighted by Gasteiger charge is 2.44. The van der Waals surface area contributed by atoms with Crippen molar-refractivity contribution in [1.82, 2.24) is 19.6 Å². The van der Waals surface area contributed by atoms with E-state index < -0.39 is 0 Å². The molecule has 0 unspecified atom stereocenters. The molecule has 0 bridgehead atoms. The molecule has 0 N–H and O–H groups in total. The van der Waals surface area contributed by atoms with Crippen LogP contribution in [0, 0.1) is 0 Å². The topological polar surface area (TPSA) is 81.2 Å². The van der Waals surface area contributed by atoms with E-state index in [4.69, 9.17) is 0 Å². The number of carbonyl (C=O) groups excluding carboxylic acids is 4. The molecule has 0 atom stereocenters. The lowest BCUT2D eigenvalue weighted by molar-refractivity contribution is 0.0979. The fourth-order valence-corrected chi connectivity index (χ4v) is 2.13. The summed E-state index contributed by atoms with van der Waals surface area (Å²) in [6.07, 6.45) is 0.407. The molecule has 8 nitrogen and oxygen atoms in total. The Morgan fingerprint density at radius 1 is 0.632 bits per heavy atom. The summed E-state index contributed by atoms with van der Waals surface area (Å²) in [5.41, 5.74) is 0. The van der Waals surface area contributed by atoms with Gasteiger partial charge >= 0.3 is 24.1 Å². The molecule has 0 aromatic carbocycles. The van der Waals surface area contributed by atoms with Crippen molar-refractivity contribution in [3.8, 4) is 0 Å². The summed E-state index contributed by atoms with van der Waals surface area (Å²) in [6.45, 7) is 4.65. The Labute approximate surface area is 110 Å². The highest BCUT2D eigenvalue weighted by Crippen LogP contribution is 2.18. The fraction of sp³-hybridized carbons (Fsp3) is 0.636. The molecule has 2 heterocycles. The van der Waals surface area contributed by atoms with Crippen LogP contribution in [-0.4, -0.2) is 69.9 Å². The molecule has 0 aromatic rings. The molecule has 104 valence electrons. The number of nitrogens with zero attached hydrogens (tertiary/aromatic N) is 4. The number of imide groups is 4. The summed E-state index contributed by atoms with van der Waals surface area (Å²) in [5, 5.41) is 0. The van der Waals surface area contributed by atoms with Crippen LogP contribution >= 0.6 is 0 Å². The summed E-state index contributed by atoms with van der Waals surface area (Å²) >= 11 is 0. The Morgan fingerprint density at radius 2 is 0.947 bits per heavy atom. The van der Waals surface area contributed by atoms with E-state index >= 15 is 0 Å². The molecule has 2 rings (SSSR count). The van der Waals surface area contributed by atoms with Gasteiger partial charge in [-0.05, 0) is 20.3 Å². The van der Waals surface area contributed by atoms with E-state index in [2.05, 4.69) is 0 Å². The molecule has 0 spiro atoms. The maximum atomic E-state index is 11.5. The van der Waals surface area contributed by atoms with Crippen LogP contribution in [0.5, 0.6) is 0 Å². The molecule has 2 aliphatic heterocycles. The van der Waals surface area contributed by atoms with Gasteiger partial charge in [-0.3, -0.25) is 0 Å². The molecule has 2 fully saturated rings. The zero-order valence-electron chi connectivity index (χ0n) is 11.0. The number of amides is 8. The predicted octanol–water partition coefficient (Wildman–Crippen LogP) is 1.13. The monoisotopic (exact) mass is 268 g/mol. The van der Waals surface area contributed by atoms with E-state index in [0.717, 1.165) is 19.6 Å². The molecular weight excluding hydrogens is 252 g/mol. The van der Waals surface area contributed by atoms with Gasteiger partial charge in [-0.25, -0.2) is 38.8 Å². The number of rotatable bonds is 6. The minimum Gasteiger partial charge on any atom is -0.247 e. The zero-order chi connectivity index (χ0) is 14.2. The minimum atomic E-state index is -0.316. The summed E-state index contributed by atoms with van der Waals surface area (Å²) < 4.78 is 0. The molecule has 0 aromatic heterocycles. The molecule has 8 heteroatoms. The largest absolute Gasteiger partial charge is 0.336 e. The minimum absolute atomic E-state index is 0.233. The van der Waals surface area contributed by atoms with Crippen LogP contribution in [0.25, 0.3) is 0 Å². The number of carbonyl (C=O) groups is 4. The van der Waals surface area contributed by atoms with Gasteiger partial charge in [0.2, 0.25) is 0 Å². The first-order valence-electron chi connectivity index (χ1n) is 6.28. The Balaban J connectivity index is 1.74. The van der Waals surface area contributed by atoms with Crippen LogP contribution in [0.1, 0.15) is 20.3 Å². The second kappa shape index (κ2) is 4.87. The molecule has 2 saturated heterocycles. The Hall–Kier alpha value is -2.12. The molecular formula is C11H16N4O4. The van der Waals surface area contributed by atoms with Gasteiger partial charge in [-0.15, -0.1) is 0 Å². The molecule has 2 aliphatic rings. The first-order chi connectivity index (χ1) is 9.02. The summed E-state index contributed by atoms with van der Waals surface area (Å²) in [7, 11) is 0. The third-order valence-electron chi connectivity index (χ3n) is 3.24. The van der Waals surface area contributed by atoms with Crippen molar-refractivity contribution >= 4 is 24.1 Å². The van der Waals surface area contributed by atoms with Crippen molar-refractivity contribution in [2.75, 3.05) is 26.2 Å². The Bertz CT molecular complexity index is 378. The molecule has 19 heavy (non-hydrogen) atoms. The second-order valence-corrected chi connectivity index (χ2v) is 4.28. The van der Waals surface area contributed by atoms with Gasteiger partial charge in [-0.1, -0.05) is 0 Å². The van der Waals surface area contributed by atoms with E-state index in [1.54, 1.807) is 13.8 Å². The average Bonchev–Trinajstić information content (AvgIpc) is 2.39. The van der Waals surface area contributed by atoms with Gasteiger partial charge in [0.1, 0.15) is 0 Å². The lowest BCUT2D eigenvalue weighted by atomic mass is 10.3. The van der Waals surface area contributed by atoms with Crippen molar-refractivity contribution in [1.29, 1.82) is 0 Å². The van der Waals surface area contributed by atoms with Crippen LogP contribution in [0.4, 0.5) is 19.2 Å². The first-order valence-corrected chi connectivity index (χ1v) is 6.28. The summed E-state index contributed by atoms with van der Waals surface area (Å²) in [4.78, 5) is 50.4. The average molecular weight is 268 g/mol. The van der Waals surface area contributed by atoms with Crippen molar-refractivity contribution < 1.29 is 19.2 Å². The summed E-state index contributed by atoms with van der Waals surface area (Å²) in [6, 6.07) is -1.26. The Kier molecular flexibility index (Phi) is 3.41. The normalized spacial score (nSPS) is 19.1. The van der Waals surface area contributed by atoms with Crippen LogP contribution in [0.2, 0.25) is 0 Å². The van der Waals surface area contributed by atoms with E-state index in [1.807, 2.05) is 0 Å². The van der Waals surface area contributed by atoms with Crippen LogP contribution in [-0.2, 0) is 0 Å². The lowest BCUT2D eigenvalue weighted by Gasteiger charge is -2.40. The van der Waals surface area contributed by atoms with Gasteiger partial charge in [-0.2, -0.15) is 0 Å². The van der Waals surface area contributed by atoms with E-state index in [1.165, 1.54) is 0 Å². The molecule has 0 aliphatic carbocycles. The van der Waals surface area contributed by atoms with Crippen molar-refractivity contribution in [2.45, 2.75) is 20.3 Å². The van der Waals surface area contributed by atoms with Crippen LogP contribution < -0.4 is 0 Å². The lowest BCUT2D eigenvalue weighted by Crippen LogP contribution is -2.65. The van der Waals surface area contributed by atoms with Crippen LogP contribution in [0.15, 0.2) is 0 Å². The van der Waals surface area contributed by atoms with Crippen LogP contribution in [0.3, 0.4) is 0 Å². The van der Waals surface area contributed by atoms with E-state index in [0.29, 0.717) is 19.5 Å². The van der Waals surface area contributed by atoms with Gasteiger partial charge in [0.05, 0.1) is 0 Å². The van der Waals surface area contributed by atoms with Gasteiger partial charge < -0.3 is 0 Å². The maximum Gasteiger partial charge on any atom is 0.336 e. The van der Waals surface area contributed by atoms with Crippen molar-refractivity contribution in [3.05, 3.63) is 0 Å². The van der Waals surface area contributed by atoms with E-state index in [9.17, 15) is 19.2 Å². The Morgan fingerprint density at radius 3 is 1.21 bits per heavy atom. The number of hydrogen-bond donors (Lipinski definition) is 0. The third-order valence-corrected chi connectivity index (χ3v) is 3.24. The smallest absolute Gasteiger partial charge is 0.247 e. The maximum absolute atomic E-state index is 11.5. The van der Waals surface area contributed by atoms with Gasteiger partial charge in [0.15, 0.2) is 0 Å². The highest BCUT2D eigenvalue weighted by molar-refractivity contribution is 6.12. The highest BCUT2D eigenvalue weighted by atomic mass is 16.2. The first kappa shape index (κ1) is 13.3. The van der Waals surface area contributed by atoms with Crippen molar-refractivity contribution in [3.63, 3.8) is 0 Å². The standard InChI is InChI=1S/C11H16N4O4/c1-3-12-8(16)14(9(12)17)6-5-7-15-10(18)13(4-2)11(15)19/h3-7H2,1-2H3. The predicted molar refractivity (Wildman–Crippen MR) is 64.4 cm³/mol. The van der Waals surface area contributed by atoms with Gasteiger partial charge in [0, 0.05) is 26.2 Å². The number of urea groups is 4. The number of hydrogen-bond acceptors (Lipinski definition) is 4. The zero-order valence-corrected chi connectivity index (χ0v) is 11.0. The second-order valence-electron chi connectivity index (χ2n) is 4.28. The molecule has 8 amide bonds.